The monoisotopic (exact) mass is 340 g/mol. The van der Waals surface area contributed by atoms with E-state index in [1.54, 1.807) is 12.1 Å². The first-order valence-corrected chi connectivity index (χ1v) is 7.56. The van der Waals surface area contributed by atoms with Crippen LogP contribution in [0.5, 0.6) is 0 Å². The third-order valence-corrected chi connectivity index (χ3v) is 4.20. The molecule has 2 rings (SSSR count). The zero-order valence-electron chi connectivity index (χ0n) is 11.3. The molecule has 0 bridgehead atoms. The quantitative estimate of drug-likeness (QED) is 0.586. The predicted molar refractivity (Wildman–Crippen MR) is 79.7 cm³/mol. The van der Waals surface area contributed by atoms with Crippen molar-refractivity contribution in [3.05, 3.63) is 38.3 Å². The predicted octanol–water partition coefficient (Wildman–Crippen LogP) is 3.62. The summed E-state index contributed by atoms with van der Waals surface area (Å²) in [6.07, 6.45) is 3.22. The average Bonchev–Trinajstić information content (AvgIpc) is 3.21. The summed E-state index contributed by atoms with van der Waals surface area (Å²) < 4.78 is 0.270. The first kappa shape index (κ1) is 15.0. The van der Waals surface area contributed by atoms with Crippen LogP contribution < -0.4 is 0 Å². The van der Waals surface area contributed by atoms with Crippen molar-refractivity contribution < 1.29 is 9.72 Å². The Morgan fingerprint density at radius 2 is 2.20 bits per heavy atom. The highest BCUT2D eigenvalue weighted by molar-refractivity contribution is 9.10. The molecular weight excluding hydrogens is 324 g/mol. The van der Waals surface area contributed by atoms with Crippen LogP contribution in [0.4, 0.5) is 5.69 Å². The molecule has 0 aliphatic heterocycles. The van der Waals surface area contributed by atoms with E-state index in [4.69, 9.17) is 0 Å². The third-order valence-electron chi connectivity index (χ3n) is 3.36. The number of nitro groups is 1. The number of hydrogen-bond acceptors (Lipinski definition) is 3. The van der Waals surface area contributed by atoms with Gasteiger partial charge in [-0.15, -0.1) is 0 Å². The summed E-state index contributed by atoms with van der Waals surface area (Å²) in [7, 11) is 0. The molecule has 1 fully saturated rings. The summed E-state index contributed by atoms with van der Waals surface area (Å²) in [6.45, 7) is 3.46. The largest absolute Gasteiger partial charge is 0.338 e. The number of rotatable bonds is 6. The molecule has 0 aromatic heterocycles. The number of carbonyl (C=O) groups excluding carboxylic acids is 1. The van der Waals surface area contributed by atoms with Gasteiger partial charge in [-0.25, -0.2) is 0 Å². The first-order chi connectivity index (χ1) is 9.54. The molecule has 0 saturated heterocycles. The van der Waals surface area contributed by atoms with Crippen molar-refractivity contribution in [2.24, 2.45) is 5.92 Å². The van der Waals surface area contributed by atoms with Crippen molar-refractivity contribution in [2.75, 3.05) is 13.1 Å². The summed E-state index contributed by atoms with van der Waals surface area (Å²) in [5, 5.41) is 10.9. The van der Waals surface area contributed by atoms with E-state index in [1.165, 1.54) is 18.9 Å². The van der Waals surface area contributed by atoms with Crippen molar-refractivity contribution in [3.63, 3.8) is 0 Å². The Labute approximate surface area is 126 Å². The molecular formula is C14H17BrN2O3. The van der Waals surface area contributed by atoms with Crippen molar-refractivity contribution in [1.29, 1.82) is 0 Å². The maximum Gasteiger partial charge on any atom is 0.284 e. The average molecular weight is 341 g/mol. The van der Waals surface area contributed by atoms with Gasteiger partial charge in [-0.05, 0) is 47.2 Å². The van der Waals surface area contributed by atoms with Crippen LogP contribution >= 0.6 is 15.9 Å². The summed E-state index contributed by atoms with van der Waals surface area (Å²) >= 11 is 3.19. The molecule has 0 radical (unpaired) electrons. The van der Waals surface area contributed by atoms with Gasteiger partial charge in [-0.2, -0.15) is 0 Å². The van der Waals surface area contributed by atoms with Crippen LogP contribution in [0.1, 0.15) is 36.5 Å². The van der Waals surface area contributed by atoms with E-state index in [2.05, 4.69) is 15.9 Å². The molecule has 6 heteroatoms. The standard InChI is InChI=1S/C14H17BrN2O3/c1-2-8-16(9-10-6-7-10)14(18)11-4-3-5-12(13(11)15)17(19)20/h3-5,10H,2,6-9H2,1H3. The summed E-state index contributed by atoms with van der Waals surface area (Å²) in [5.74, 6) is 0.470. The normalized spacial score (nSPS) is 14.1. The van der Waals surface area contributed by atoms with Gasteiger partial charge >= 0.3 is 0 Å². The van der Waals surface area contributed by atoms with E-state index >= 15 is 0 Å². The Balaban J connectivity index is 2.25. The molecule has 0 atom stereocenters. The van der Waals surface area contributed by atoms with E-state index in [0.29, 0.717) is 18.0 Å². The molecule has 20 heavy (non-hydrogen) atoms. The third kappa shape index (κ3) is 3.36. The van der Waals surface area contributed by atoms with Gasteiger partial charge in [0.15, 0.2) is 0 Å². The Kier molecular flexibility index (Phi) is 4.75. The van der Waals surface area contributed by atoms with Crippen LogP contribution in [0.25, 0.3) is 0 Å². The molecule has 108 valence electrons. The van der Waals surface area contributed by atoms with Gasteiger partial charge in [0.05, 0.1) is 10.5 Å². The SMILES string of the molecule is CCCN(CC1CC1)C(=O)c1cccc([N+](=O)[O-])c1Br. The lowest BCUT2D eigenvalue weighted by molar-refractivity contribution is -0.385. The summed E-state index contributed by atoms with van der Waals surface area (Å²) in [5.41, 5.74) is 0.298. The summed E-state index contributed by atoms with van der Waals surface area (Å²) in [6, 6.07) is 4.58. The molecule has 1 amide bonds. The topological polar surface area (TPSA) is 63.5 Å². The molecule has 0 spiro atoms. The number of carbonyl (C=O) groups is 1. The number of halogens is 1. The maximum atomic E-state index is 12.6. The van der Waals surface area contributed by atoms with E-state index in [9.17, 15) is 14.9 Å². The van der Waals surface area contributed by atoms with Gasteiger partial charge in [0.25, 0.3) is 11.6 Å². The second-order valence-corrected chi connectivity index (χ2v) is 5.88. The highest BCUT2D eigenvalue weighted by Gasteiger charge is 2.29. The molecule has 1 aliphatic rings. The zero-order valence-corrected chi connectivity index (χ0v) is 12.9. The van der Waals surface area contributed by atoms with E-state index < -0.39 is 4.92 Å². The smallest absolute Gasteiger partial charge is 0.284 e. The lowest BCUT2D eigenvalue weighted by Gasteiger charge is -2.22. The highest BCUT2D eigenvalue weighted by atomic mass is 79.9. The van der Waals surface area contributed by atoms with Gasteiger partial charge in [0.1, 0.15) is 4.47 Å². The van der Waals surface area contributed by atoms with E-state index in [1.807, 2.05) is 11.8 Å². The Bertz CT molecular complexity index is 529. The lowest BCUT2D eigenvalue weighted by Crippen LogP contribution is -2.33. The number of nitrogens with zero attached hydrogens (tertiary/aromatic N) is 2. The second-order valence-electron chi connectivity index (χ2n) is 5.09. The number of amides is 1. The Morgan fingerprint density at radius 3 is 2.75 bits per heavy atom. The van der Waals surface area contributed by atoms with Gasteiger partial charge in [-0.1, -0.05) is 13.0 Å². The van der Waals surface area contributed by atoms with Crippen LogP contribution in [0.3, 0.4) is 0 Å². The Hall–Kier alpha value is -1.43. The minimum Gasteiger partial charge on any atom is -0.338 e. The van der Waals surface area contributed by atoms with Crippen LogP contribution in [-0.2, 0) is 0 Å². The zero-order chi connectivity index (χ0) is 14.7. The van der Waals surface area contributed by atoms with Crippen molar-refractivity contribution >= 4 is 27.5 Å². The molecule has 0 heterocycles. The Morgan fingerprint density at radius 1 is 1.50 bits per heavy atom. The van der Waals surface area contributed by atoms with Crippen LogP contribution in [0.15, 0.2) is 22.7 Å². The fourth-order valence-corrected chi connectivity index (χ4v) is 2.73. The maximum absolute atomic E-state index is 12.6. The number of hydrogen-bond donors (Lipinski definition) is 0. The molecule has 1 aliphatic carbocycles. The second kappa shape index (κ2) is 6.35. The van der Waals surface area contributed by atoms with Gasteiger partial charge in [-0.3, -0.25) is 14.9 Å². The molecule has 0 unspecified atom stereocenters. The van der Waals surface area contributed by atoms with Crippen LogP contribution in [-0.4, -0.2) is 28.8 Å². The van der Waals surface area contributed by atoms with E-state index in [-0.39, 0.29) is 16.1 Å². The lowest BCUT2D eigenvalue weighted by atomic mass is 10.1. The van der Waals surface area contributed by atoms with Crippen molar-refractivity contribution in [1.82, 2.24) is 4.90 Å². The number of nitro benzene ring substituents is 1. The van der Waals surface area contributed by atoms with Crippen molar-refractivity contribution in [3.8, 4) is 0 Å². The van der Waals surface area contributed by atoms with Crippen LogP contribution in [0.2, 0.25) is 0 Å². The minimum absolute atomic E-state index is 0.0706. The highest BCUT2D eigenvalue weighted by Crippen LogP contribution is 2.32. The molecule has 1 aromatic rings. The van der Waals surface area contributed by atoms with Crippen molar-refractivity contribution in [2.45, 2.75) is 26.2 Å². The van der Waals surface area contributed by atoms with Gasteiger partial charge in [0.2, 0.25) is 0 Å². The number of benzene rings is 1. The van der Waals surface area contributed by atoms with Crippen LogP contribution in [0, 0.1) is 16.0 Å². The minimum atomic E-state index is -0.480. The molecule has 0 N–H and O–H groups in total. The molecule has 5 nitrogen and oxygen atoms in total. The summed E-state index contributed by atoms with van der Waals surface area (Å²) in [4.78, 5) is 24.8. The van der Waals surface area contributed by atoms with Gasteiger partial charge < -0.3 is 4.90 Å². The van der Waals surface area contributed by atoms with Gasteiger partial charge in [0, 0.05) is 19.2 Å². The molecule has 1 saturated carbocycles. The fraction of sp³-hybridized carbons (Fsp3) is 0.500. The van der Waals surface area contributed by atoms with E-state index in [0.717, 1.165) is 13.0 Å². The fourth-order valence-electron chi connectivity index (χ4n) is 2.15. The molecule has 1 aromatic carbocycles. The first-order valence-electron chi connectivity index (χ1n) is 6.76.